The standard InChI is InChI=1S/C56H33N3O/c1-2-14-34(15-3-1)53-57-54(59-55(58-53)45-22-12-21-43-42-18-7-11-27-50(42)60-52(43)45)38-31-29-35-32-37(30-28-36(35)33-38)39-20-13-26-49-51(39)44-19-6-10-25-48(44)56(49)46-23-8-4-16-40(46)41-17-5-9-24-47(41)56/h1-33H. The van der Waals surface area contributed by atoms with Crippen LogP contribution in [0.3, 0.4) is 0 Å². The van der Waals surface area contributed by atoms with Crippen LogP contribution in [0.1, 0.15) is 22.3 Å². The van der Waals surface area contributed by atoms with Crippen molar-refractivity contribution in [2.24, 2.45) is 0 Å². The minimum Gasteiger partial charge on any atom is -0.455 e. The fourth-order valence-corrected chi connectivity index (χ4v) is 10.2. The van der Waals surface area contributed by atoms with Crippen molar-refractivity contribution < 1.29 is 4.42 Å². The van der Waals surface area contributed by atoms with Crippen molar-refractivity contribution in [1.29, 1.82) is 0 Å². The first kappa shape index (κ1) is 33.1. The second kappa shape index (κ2) is 12.5. The number of benzene rings is 9. The van der Waals surface area contributed by atoms with Crippen LogP contribution in [0.15, 0.2) is 205 Å². The first-order valence-corrected chi connectivity index (χ1v) is 20.4. The van der Waals surface area contributed by atoms with Gasteiger partial charge in [0.05, 0.1) is 11.0 Å². The molecule has 0 N–H and O–H groups in total. The molecule has 0 saturated heterocycles. The molecule has 0 unspecified atom stereocenters. The summed E-state index contributed by atoms with van der Waals surface area (Å²) in [4.78, 5) is 15.2. The van der Waals surface area contributed by atoms with Crippen LogP contribution in [-0.4, -0.2) is 15.0 Å². The maximum atomic E-state index is 6.44. The Morgan fingerprint density at radius 3 is 1.62 bits per heavy atom. The molecular formula is C56H33N3O. The quantitative estimate of drug-likeness (QED) is 0.179. The fourth-order valence-electron chi connectivity index (χ4n) is 10.2. The van der Waals surface area contributed by atoms with Crippen LogP contribution in [0, 0.1) is 0 Å². The van der Waals surface area contributed by atoms with Gasteiger partial charge in [0.1, 0.15) is 11.2 Å². The van der Waals surface area contributed by atoms with Crippen LogP contribution >= 0.6 is 0 Å². The van der Waals surface area contributed by atoms with Crippen molar-refractivity contribution in [3.05, 3.63) is 222 Å². The summed E-state index contributed by atoms with van der Waals surface area (Å²) in [6, 6.07) is 71.6. The molecule has 278 valence electrons. The molecule has 0 bridgehead atoms. The highest BCUT2D eigenvalue weighted by Gasteiger charge is 2.51. The first-order chi connectivity index (χ1) is 29.7. The van der Waals surface area contributed by atoms with Gasteiger partial charge in [0.2, 0.25) is 0 Å². The Bertz CT molecular complexity index is 3520. The van der Waals surface area contributed by atoms with E-state index < -0.39 is 0 Å². The van der Waals surface area contributed by atoms with E-state index >= 15 is 0 Å². The van der Waals surface area contributed by atoms with E-state index in [-0.39, 0.29) is 5.41 Å². The van der Waals surface area contributed by atoms with Crippen LogP contribution in [0.25, 0.3) is 100 Å². The summed E-state index contributed by atoms with van der Waals surface area (Å²) in [6.45, 7) is 0. The lowest BCUT2D eigenvalue weighted by Crippen LogP contribution is -2.25. The van der Waals surface area contributed by atoms with Crippen LogP contribution in [-0.2, 0) is 5.41 Å². The topological polar surface area (TPSA) is 51.8 Å². The van der Waals surface area contributed by atoms with Crippen molar-refractivity contribution in [1.82, 2.24) is 15.0 Å². The lowest BCUT2D eigenvalue weighted by atomic mass is 9.70. The van der Waals surface area contributed by atoms with Gasteiger partial charge in [0.25, 0.3) is 0 Å². The zero-order valence-corrected chi connectivity index (χ0v) is 32.3. The molecule has 1 spiro atoms. The van der Waals surface area contributed by atoms with Gasteiger partial charge in [-0.25, -0.2) is 15.0 Å². The molecule has 60 heavy (non-hydrogen) atoms. The molecule has 9 aromatic carbocycles. The molecule has 0 amide bonds. The third-order valence-corrected chi connectivity index (χ3v) is 12.7. The summed E-state index contributed by atoms with van der Waals surface area (Å²) in [5, 5.41) is 4.37. The molecule has 13 rings (SSSR count). The van der Waals surface area contributed by atoms with Crippen molar-refractivity contribution >= 4 is 32.7 Å². The van der Waals surface area contributed by atoms with Crippen LogP contribution < -0.4 is 0 Å². The van der Waals surface area contributed by atoms with Crippen LogP contribution in [0.5, 0.6) is 0 Å². The Kier molecular flexibility index (Phi) is 6.90. The van der Waals surface area contributed by atoms with Gasteiger partial charge in [-0.3, -0.25) is 0 Å². The maximum Gasteiger partial charge on any atom is 0.167 e. The summed E-state index contributed by atoms with van der Waals surface area (Å²) < 4.78 is 6.44. The largest absolute Gasteiger partial charge is 0.455 e. The number of hydrogen-bond donors (Lipinski definition) is 0. The Labute approximate surface area is 346 Å². The Morgan fingerprint density at radius 2 is 0.850 bits per heavy atom. The molecule has 0 fully saturated rings. The average molecular weight is 764 g/mol. The minimum atomic E-state index is -0.376. The second-order valence-corrected chi connectivity index (χ2v) is 15.8. The van der Waals surface area contributed by atoms with Gasteiger partial charge in [-0.05, 0) is 90.7 Å². The molecule has 2 aliphatic carbocycles. The lowest BCUT2D eigenvalue weighted by molar-refractivity contribution is 0.669. The molecule has 2 aromatic heterocycles. The zero-order valence-electron chi connectivity index (χ0n) is 32.3. The van der Waals surface area contributed by atoms with E-state index in [4.69, 9.17) is 19.4 Å². The minimum absolute atomic E-state index is 0.376. The van der Waals surface area contributed by atoms with Gasteiger partial charge >= 0.3 is 0 Å². The second-order valence-electron chi connectivity index (χ2n) is 15.8. The van der Waals surface area contributed by atoms with Crippen molar-refractivity contribution in [3.63, 3.8) is 0 Å². The van der Waals surface area contributed by atoms with Crippen molar-refractivity contribution in [2.75, 3.05) is 0 Å². The van der Waals surface area contributed by atoms with Crippen molar-refractivity contribution in [3.8, 4) is 67.5 Å². The first-order valence-electron chi connectivity index (χ1n) is 20.4. The fraction of sp³-hybridized carbons (Fsp3) is 0.0179. The zero-order chi connectivity index (χ0) is 39.4. The highest BCUT2D eigenvalue weighted by Crippen LogP contribution is 2.64. The van der Waals surface area contributed by atoms with Crippen LogP contribution in [0.2, 0.25) is 0 Å². The summed E-state index contributed by atoms with van der Waals surface area (Å²) >= 11 is 0. The monoisotopic (exact) mass is 763 g/mol. The number of hydrogen-bond acceptors (Lipinski definition) is 4. The Hall–Kier alpha value is -7.95. The molecule has 2 aliphatic rings. The molecule has 0 aliphatic heterocycles. The molecule has 4 nitrogen and oxygen atoms in total. The summed E-state index contributed by atoms with van der Waals surface area (Å²) in [6.07, 6.45) is 0. The number of aromatic nitrogens is 3. The normalized spacial score (nSPS) is 13.1. The van der Waals surface area contributed by atoms with E-state index in [0.29, 0.717) is 17.5 Å². The Morgan fingerprint density at radius 1 is 0.333 bits per heavy atom. The lowest BCUT2D eigenvalue weighted by Gasteiger charge is -2.30. The van der Waals surface area contributed by atoms with E-state index in [1.54, 1.807) is 0 Å². The maximum absolute atomic E-state index is 6.44. The Balaban J connectivity index is 0.954. The number of para-hydroxylation sites is 2. The van der Waals surface area contributed by atoms with Gasteiger partial charge in [0.15, 0.2) is 17.5 Å². The smallest absolute Gasteiger partial charge is 0.167 e. The van der Waals surface area contributed by atoms with E-state index in [0.717, 1.165) is 49.4 Å². The molecule has 0 atom stereocenters. The van der Waals surface area contributed by atoms with Gasteiger partial charge in [-0.2, -0.15) is 0 Å². The third-order valence-electron chi connectivity index (χ3n) is 12.7. The van der Waals surface area contributed by atoms with Gasteiger partial charge < -0.3 is 4.42 Å². The number of nitrogens with zero attached hydrogens (tertiary/aromatic N) is 3. The number of rotatable bonds is 4. The highest BCUT2D eigenvalue weighted by molar-refractivity contribution is 6.09. The van der Waals surface area contributed by atoms with Crippen molar-refractivity contribution in [2.45, 2.75) is 5.41 Å². The molecule has 4 heteroatoms. The molecule has 0 saturated carbocycles. The molecule has 0 radical (unpaired) electrons. The SMILES string of the molecule is c1ccc(-c2nc(-c3ccc4cc(-c5cccc6c5-c5ccccc5C65c6ccccc6-c6ccccc65)ccc4c3)nc(-c3cccc4c3oc3ccccc34)n2)cc1. The van der Waals surface area contributed by atoms with E-state index in [2.05, 4.69) is 140 Å². The van der Waals surface area contributed by atoms with E-state index in [1.165, 1.54) is 55.6 Å². The number of fused-ring (bicyclic) bond motifs is 14. The van der Waals surface area contributed by atoms with Gasteiger partial charge in [0, 0.05) is 21.9 Å². The molecular weight excluding hydrogens is 731 g/mol. The van der Waals surface area contributed by atoms with Crippen LogP contribution in [0.4, 0.5) is 0 Å². The highest BCUT2D eigenvalue weighted by atomic mass is 16.3. The molecule has 2 heterocycles. The predicted octanol–water partition coefficient (Wildman–Crippen LogP) is 13.9. The summed E-state index contributed by atoms with van der Waals surface area (Å²) in [5.41, 5.74) is 16.9. The summed E-state index contributed by atoms with van der Waals surface area (Å²) in [5.74, 6) is 1.79. The summed E-state index contributed by atoms with van der Waals surface area (Å²) in [7, 11) is 0. The molecule has 11 aromatic rings. The average Bonchev–Trinajstić information content (AvgIpc) is 3.96. The van der Waals surface area contributed by atoms with Gasteiger partial charge in [-0.15, -0.1) is 0 Å². The van der Waals surface area contributed by atoms with Gasteiger partial charge in [-0.1, -0.05) is 176 Å². The number of furan rings is 1. The van der Waals surface area contributed by atoms with E-state index in [9.17, 15) is 0 Å². The predicted molar refractivity (Wildman–Crippen MR) is 243 cm³/mol. The third kappa shape index (κ3) is 4.59. The van der Waals surface area contributed by atoms with E-state index in [1.807, 2.05) is 60.7 Å².